The van der Waals surface area contributed by atoms with Crippen molar-refractivity contribution in [1.82, 2.24) is 24.8 Å². The second kappa shape index (κ2) is 9.96. The van der Waals surface area contributed by atoms with E-state index in [2.05, 4.69) is 16.0 Å². The molecule has 0 radical (unpaired) electrons. The molecule has 1 aliphatic rings. The van der Waals surface area contributed by atoms with Crippen molar-refractivity contribution in [3.8, 4) is 11.1 Å². The first-order valence-corrected chi connectivity index (χ1v) is 10.9. The van der Waals surface area contributed by atoms with Gasteiger partial charge in [-0.2, -0.15) is 0 Å². The Morgan fingerprint density at radius 3 is 2.75 bits per heavy atom. The Hall–Kier alpha value is -3.19. The number of likely N-dealkylation sites (tertiary alicyclic amines) is 1. The van der Waals surface area contributed by atoms with Crippen LogP contribution in [-0.4, -0.2) is 57.3 Å². The number of piperidine rings is 1. The molecule has 1 aromatic carbocycles. The molecule has 0 spiro atoms. The molecule has 1 atom stereocenters. The average molecular weight is 434 g/mol. The van der Waals surface area contributed by atoms with Crippen LogP contribution in [0.1, 0.15) is 35.7 Å². The first kappa shape index (κ1) is 22.0. The van der Waals surface area contributed by atoms with Gasteiger partial charge in [0.2, 0.25) is 5.91 Å². The largest absolute Gasteiger partial charge is 0.341 e. The molecule has 0 N–H and O–H groups in total. The average Bonchev–Trinajstić information content (AvgIpc) is 2.81. The maximum Gasteiger partial charge on any atom is 0.236 e. The number of aryl methyl sites for hydroxylation is 1. The number of halogens is 1. The van der Waals surface area contributed by atoms with Crippen LogP contribution >= 0.6 is 0 Å². The Morgan fingerprint density at radius 1 is 1.19 bits per heavy atom. The van der Waals surface area contributed by atoms with Crippen molar-refractivity contribution in [2.45, 2.75) is 32.2 Å². The third kappa shape index (κ3) is 5.34. The molecule has 0 saturated carbocycles. The smallest absolute Gasteiger partial charge is 0.236 e. The molecule has 0 bridgehead atoms. The van der Waals surface area contributed by atoms with Crippen molar-refractivity contribution in [2.24, 2.45) is 0 Å². The van der Waals surface area contributed by atoms with Gasteiger partial charge in [-0.05, 0) is 50.6 Å². The second-order valence-corrected chi connectivity index (χ2v) is 8.49. The van der Waals surface area contributed by atoms with Gasteiger partial charge < -0.3 is 4.90 Å². The van der Waals surface area contributed by atoms with Gasteiger partial charge in [0.05, 0.1) is 6.54 Å². The van der Waals surface area contributed by atoms with Crippen LogP contribution in [0.3, 0.4) is 0 Å². The maximum absolute atomic E-state index is 13.9. The molecule has 0 aliphatic carbocycles. The van der Waals surface area contributed by atoms with Crippen LogP contribution in [0.2, 0.25) is 0 Å². The van der Waals surface area contributed by atoms with Gasteiger partial charge in [-0.1, -0.05) is 18.2 Å². The lowest BCUT2D eigenvalue weighted by molar-refractivity contribution is -0.133. The molecule has 1 amide bonds. The number of carbonyl (C=O) groups excluding carboxylic acids is 1. The highest BCUT2D eigenvalue weighted by Crippen LogP contribution is 2.29. The van der Waals surface area contributed by atoms with E-state index in [1.807, 2.05) is 35.9 Å². The Balaban J connectivity index is 1.42. The van der Waals surface area contributed by atoms with E-state index in [9.17, 15) is 9.18 Å². The summed E-state index contributed by atoms with van der Waals surface area (Å²) in [4.78, 5) is 29.8. The summed E-state index contributed by atoms with van der Waals surface area (Å²) in [5.74, 6) is 0.0145. The molecule has 6 nitrogen and oxygen atoms in total. The third-order valence-electron chi connectivity index (χ3n) is 5.86. The van der Waals surface area contributed by atoms with Gasteiger partial charge in [0.25, 0.3) is 0 Å². The van der Waals surface area contributed by atoms with Crippen LogP contribution in [-0.2, 0) is 11.3 Å². The van der Waals surface area contributed by atoms with E-state index < -0.39 is 0 Å². The molecule has 0 unspecified atom stereocenters. The third-order valence-corrected chi connectivity index (χ3v) is 5.86. The van der Waals surface area contributed by atoms with Crippen molar-refractivity contribution < 1.29 is 9.18 Å². The minimum Gasteiger partial charge on any atom is -0.341 e. The van der Waals surface area contributed by atoms with E-state index in [1.165, 1.54) is 12.4 Å². The number of pyridine rings is 1. The Kier molecular flexibility index (Phi) is 6.85. The van der Waals surface area contributed by atoms with Crippen LogP contribution in [0, 0.1) is 12.7 Å². The molecule has 1 saturated heterocycles. The van der Waals surface area contributed by atoms with Gasteiger partial charge in [-0.25, -0.2) is 14.4 Å². The minimum absolute atomic E-state index is 0.0675. The number of nitrogens with zero attached hydrogens (tertiary/aromatic N) is 5. The lowest BCUT2D eigenvalue weighted by atomic mass is 9.92. The first-order valence-electron chi connectivity index (χ1n) is 10.9. The fraction of sp³-hybridized carbons (Fsp3) is 0.360. The molecule has 3 heterocycles. The highest BCUT2D eigenvalue weighted by atomic mass is 19.1. The van der Waals surface area contributed by atoms with E-state index in [0.717, 1.165) is 41.9 Å². The summed E-state index contributed by atoms with van der Waals surface area (Å²) in [6.45, 7) is 4.04. The van der Waals surface area contributed by atoms with Crippen molar-refractivity contribution in [2.75, 3.05) is 26.7 Å². The standard InChI is InChI=1S/C25H28FN5O/c1-18-10-21(22-12-27-17-28-13-22)11-24(29-18)20-7-5-9-31(15-20)25(32)16-30(2)14-19-6-3-4-8-23(19)26/h3-4,6,8,10-13,17,20H,5,7,9,14-16H2,1-2H3/t20-/m1/s1. The highest BCUT2D eigenvalue weighted by Gasteiger charge is 2.26. The number of amides is 1. The van der Waals surface area contributed by atoms with Crippen LogP contribution in [0.5, 0.6) is 0 Å². The van der Waals surface area contributed by atoms with E-state index in [4.69, 9.17) is 4.98 Å². The van der Waals surface area contributed by atoms with Crippen molar-refractivity contribution in [3.63, 3.8) is 0 Å². The number of carbonyl (C=O) groups is 1. The number of likely N-dealkylation sites (N-methyl/N-ethyl adjacent to an activating group) is 1. The van der Waals surface area contributed by atoms with Crippen LogP contribution < -0.4 is 0 Å². The molecular weight excluding hydrogens is 405 g/mol. The Bertz CT molecular complexity index is 1070. The summed E-state index contributed by atoms with van der Waals surface area (Å²) >= 11 is 0. The quantitative estimate of drug-likeness (QED) is 0.591. The monoisotopic (exact) mass is 433 g/mol. The fourth-order valence-electron chi connectivity index (χ4n) is 4.27. The second-order valence-electron chi connectivity index (χ2n) is 8.49. The van der Waals surface area contributed by atoms with Crippen LogP contribution in [0.25, 0.3) is 11.1 Å². The number of hydrogen-bond donors (Lipinski definition) is 0. The molecule has 32 heavy (non-hydrogen) atoms. The molecule has 2 aromatic heterocycles. The van der Waals surface area contributed by atoms with Gasteiger partial charge in [0.15, 0.2) is 0 Å². The zero-order chi connectivity index (χ0) is 22.5. The zero-order valence-electron chi connectivity index (χ0n) is 18.5. The topological polar surface area (TPSA) is 62.2 Å². The number of hydrogen-bond acceptors (Lipinski definition) is 5. The van der Waals surface area contributed by atoms with Gasteiger partial charge in [0, 0.05) is 60.5 Å². The van der Waals surface area contributed by atoms with Gasteiger partial charge in [-0.15, -0.1) is 0 Å². The Labute approximate surface area is 188 Å². The van der Waals surface area contributed by atoms with Crippen molar-refractivity contribution >= 4 is 5.91 Å². The molecule has 4 rings (SSSR count). The van der Waals surface area contributed by atoms with Crippen molar-refractivity contribution in [1.29, 1.82) is 0 Å². The highest BCUT2D eigenvalue weighted by molar-refractivity contribution is 5.78. The summed E-state index contributed by atoms with van der Waals surface area (Å²) in [7, 11) is 1.85. The predicted molar refractivity (Wildman–Crippen MR) is 121 cm³/mol. The zero-order valence-corrected chi connectivity index (χ0v) is 18.5. The molecule has 1 aliphatic heterocycles. The Morgan fingerprint density at radius 2 is 1.97 bits per heavy atom. The molecule has 1 fully saturated rings. The summed E-state index contributed by atoms with van der Waals surface area (Å²) < 4.78 is 13.9. The first-order chi connectivity index (χ1) is 15.5. The summed E-state index contributed by atoms with van der Waals surface area (Å²) in [5.41, 5.74) is 4.54. The summed E-state index contributed by atoms with van der Waals surface area (Å²) in [5, 5.41) is 0. The number of rotatable bonds is 6. The van der Waals surface area contributed by atoms with E-state index >= 15 is 0 Å². The lowest BCUT2D eigenvalue weighted by Gasteiger charge is -2.34. The number of benzene rings is 1. The van der Waals surface area contributed by atoms with Crippen LogP contribution in [0.4, 0.5) is 4.39 Å². The molecule has 3 aromatic rings. The van der Waals surface area contributed by atoms with Crippen LogP contribution in [0.15, 0.2) is 55.1 Å². The van der Waals surface area contributed by atoms with E-state index in [-0.39, 0.29) is 24.2 Å². The van der Waals surface area contributed by atoms with Gasteiger partial charge in [-0.3, -0.25) is 14.7 Å². The minimum atomic E-state index is -0.241. The van der Waals surface area contributed by atoms with E-state index in [0.29, 0.717) is 18.7 Å². The van der Waals surface area contributed by atoms with E-state index in [1.54, 1.807) is 24.5 Å². The molecule has 166 valence electrons. The predicted octanol–water partition coefficient (Wildman–Crippen LogP) is 3.82. The van der Waals surface area contributed by atoms with Crippen molar-refractivity contribution in [3.05, 3.63) is 77.9 Å². The normalized spacial score (nSPS) is 16.4. The fourth-order valence-corrected chi connectivity index (χ4v) is 4.27. The molecular formula is C25H28FN5O. The summed E-state index contributed by atoms with van der Waals surface area (Å²) in [6.07, 6.45) is 7.05. The van der Waals surface area contributed by atoms with Gasteiger partial charge in [0.1, 0.15) is 12.1 Å². The van der Waals surface area contributed by atoms with Gasteiger partial charge >= 0.3 is 0 Å². The number of aromatic nitrogens is 3. The molecule has 7 heteroatoms. The summed E-state index contributed by atoms with van der Waals surface area (Å²) in [6, 6.07) is 10.8. The maximum atomic E-state index is 13.9. The lowest BCUT2D eigenvalue weighted by Crippen LogP contribution is -2.43. The SMILES string of the molecule is Cc1cc(-c2cncnc2)cc([C@@H]2CCCN(C(=O)CN(C)Cc3ccccc3F)C2)n1.